The highest BCUT2D eigenvalue weighted by atomic mass is 35.5. The number of aromatic hydroxyl groups is 2. The van der Waals surface area contributed by atoms with Gasteiger partial charge in [0.1, 0.15) is 24.1 Å². The molecular formula is C33H35ClN2O6. The summed E-state index contributed by atoms with van der Waals surface area (Å²) in [6.45, 7) is 6.83. The number of phenolic OH excluding ortho intramolecular Hbond substituents is 2. The summed E-state index contributed by atoms with van der Waals surface area (Å²) in [5, 5.41) is 23.6. The molecule has 220 valence electrons. The molecule has 0 aromatic heterocycles. The smallest absolute Gasteiger partial charge is 0.408 e. The number of anilines is 1. The van der Waals surface area contributed by atoms with Gasteiger partial charge in [0.2, 0.25) is 0 Å². The van der Waals surface area contributed by atoms with Crippen molar-refractivity contribution < 1.29 is 29.3 Å². The third kappa shape index (κ3) is 5.90. The molecule has 42 heavy (non-hydrogen) atoms. The van der Waals surface area contributed by atoms with E-state index in [1.54, 1.807) is 19.1 Å². The van der Waals surface area contributed by atoms with Crippen molar-refractivity contribution in [3.05, 3.63) is 101 Å². The lowest BCUT2D eigenvalue weighted by molar-refractivity contribution is -0.146. The lowest BCUT2D eigenvalue weighted by Gasteiger charge is -2.46. The average Bonchev–Trinajstić information content (AvgIpc) is 3.21. The molecule has 1 aliphatic carbocycles. The van der Waals surface area contributed by atoms with Crippen molar-refractivity contribution in [2.45, 2.75) is 63.3 Å². The van der Waals surface area contributed by atoms with E-state index in [1.807, 2.05) is 48.5 Å². The highest BCUT2D eigenvalue weighted by Gasteiger charge is 2.55. The van der Waals surface area contributed by atoms with Crippen LogP contribution in [0.25, 0.3) is 0 Å². The van der Waals surface area contributed by atoms with E-state index in [0.29, 0.717) is 11.6 Å². The predicted molar refractivity (Wildman–Crippen MR) is 161 cm³/mol. The summed E-state index contributed by atoms with van der Waals surface area (Å²) in [6.07, 6.45) is 1.92. The molecule has 3 aromatic carbocycles. The number of hydrogen-bond acceptors (Lipinski definition) is 7. The first kappa shape index (κ1) is 29.3. The maximum absolute atomic E-state index is 13.3. The number of phenols is 2. The molecule has 2 aliphatic rings. The molecular weight excluding hydrogens is 556 g/mol. The minimum absolute atomic E-state index is 0.0274. The van der Waals surface area contributed by atoms with E-state index in [4.69, 9.17) is 21.1 Å². The number of carbonyl (C=O) groups excluding carboxylic acids is 2. The third-order valence-corrected chi connectivity index (χ3v) is 8.43. The maximum Gasteiger partial charge on any atom is 0.408 e. The first-order valence-electron chi connectivity index (χ1n) is 14.1. The molecule has 3 aromatic rings. The molecule has 3 atom stereocenters. The Morgan fingerprint density at radius 3 is 2.52 bits per heavy atom. The Morgan fingerprint density at radius 1 is 1.07 bits per heavy atom. The van der Waals surface area contributed by atoms with Crippen LogP contribution in [0.1, 0.15) is 49.3 Å². The van der Waals surface area contributed by atoms with Gasteiger partial charge < -0.3 is 29.9 Å². The Bertz CT molecular complexity index is 1460. The third-order valence-electron chi connectivity index (χ3n) is 8.20. The molecule has 5 rings (SSSR count). The Labute approximate surface area is 250 Å². The maximum atomic E-state index is 13.3. The molecule has 0 unspecified atom stereocenters. The van der Waals surface area contributed by atoms with Gasteiger partial charge in [-0.25, -0.2) is 9.59 Å². The molecule has 0 spiro atoms. The number of fused-ring (bicyclic) bond motifs is 3. The highest BCUT2D eigenvalue weighted by molar-refractivity contribution is 6.30. The van der Waals surface area contributed by atoms with Gasteiger partial charge in [-0.2, -0.15) is 0 Å². The fourth-order valence-corrected chi connectivity index (χ4v) is 6.66. The van der Waals surface area contributed by atoms with Gasteiger partial charge in [0, 0.05) is 34.8 Å². The second-order valence-corrected chi connectivity index (χ2v) is 11.3. The van der Waals surface area contributed by atoms with Crippen molar-refractivity contribution in [1.82, 2.24) is 5.32 Å². The zero-order valence-corrected chi connectivity index (χ0v) is 24.3. The summed E-state index contributed by atoms with van der Waals surface area (Å²) in [5.41, 5.74) is 3.60. The zero-order valence-electron chi connectivity index (χ0n) is 23.5. The van der Waals surface area contributed by atoms with E-state index >= 15 is 0 Å². The minimum atomic E-state index is -1.01. The van der Waals surface area contributed by atoms with E-state index in [-0.39, 0.29) is 37.2 Å². The first-order valence-corrected chi connectivity index (χ1v) is 14.5. The van der Waals surface area contributed by atoms with Crippen molar-refractivity contribution in [2.24, 2.45) is 0 Å². The lowest BCUT2D eigenvalue weighted by atomic mass is 9.62. The number of amides is 1. The van der Waals surface area contributed by atoms with E-state index in [2.05, 4.69) is 16.8 Å². The number of alkyl carbamates (subject to hydrolysis) is 1. The number of halogens is 1. The van der Waals surface area contributed by atoms with Crippen LogP contribution in [0.3, 0.4) is 0 Å². The van der Waals surface area contributed by atoms with Crippen molar-refractivity contribution in [1.29, 1.82) is 0 Å². The van der Waals surface area contributed by atoms with E-state index < -0.39 is 23.5 Å². The van der Waals surface area contributed by atoms with Gasteiger partial charge in [-0.05, 0) is 79.6 Å². The largest absolute Gasteiger partial charge is 0.508 e. The summed E-state index contributed by atoms with van der Waals surface area (Å²) in [7, 11) is 0. The van der Waals surface area contributed by atoms with Crippen molar-refractivity contribution in [3.8, 4) is 11.5 Å². The second kappa shape index (κ2) is 12.4. The van der Waals surface area contributed by atoms with Gasteiger partial charge >= 0.3 is 12.1 Å². The van der Waals surface area contributed by atoms with Crippen LogP contribution in [0.5, 0.6) is 11.5 Å². The normalized spacial score (nSPS) is 19.9. The molecule has 9 heteroatoms. The molecule has 1 amide bonds. The van der Waals surface area contributed by atoms with Crippen LogP contribution in [0.4, 0.5) is 10.5 Å². The van der Waals surface area contributed by atoms with Crippen LogP contribution in [0.15, 0.2) is 78.9 Å². The molecule has 1 heterocycles. The molecule has 0 saturated heterocycles. The Hall–Kier alpha value is -4.17. The van der Waals surface area contributed by atoms with Crippen molar-refractivity contribution >= 4 is 29.4 Å². The van der Waals surface area contributed by atoms with Gasteiger partial charge in [-0.15, -0.1) is 0 Å². The van der Waals surface area contributed by atoms with Gasteiger partial charge in [0.25, 0.3) is 0 Å². The standard InChI is InChI=1S/C33H35ClN2O6/c1-3-41-31(39)28(35-32(40)42-20-22-9-5-4-6-10-22)18-33-21(2)8-7-11-30(33)36(29-13-12-24(34)16-27(29)33)19-23-14-25(37)17-26(38)15-23/h4-6,9-10,12-17,28,30,37-38H,2-3,7-8,11,18-20H2,1H3,(H,35,40)/t28-,30+,33+/m1/s1. The monoisotopic (exact) mass is 590 g/mol. The Balaban J connectivity index is 1.50. The van der Waals surface area contributed by atoms with Crippen LogP contribution in [-0.2, 0) is 32.8 Å². The molecule has 0 radical (unpaired) electrons. The van der Waals surface area contributed by atoms with Crippen molar-refractivity contribution in [3.63, 3.8) is 0 Å². The summed E-state index contributed by atoms with van der Waals surface area (Å²) in [4.78, 5) is 28.5. The number of nitrogens with one attached hydrogen (secondary N) is 1. The van der Waals surface area contributed by atoms with Gasteiger partial charge in [-0.3, -0.25) is 0 Å². The molecule has 1 fully saturated rings. The van der Waals surface area contributed by atoms with Crippen molar-refractivity contribution in [2.75, 3.05) is 11.5 Å². The second-order valence-electron chi connectivity index (χ2n) is 10.8. The lowest BCUT2D eigenvalue weighted by Crippen LogP contribution is -2.54. The number of rotatable bonds is 9. The fourth-order valence-electron chi connectivity index (χ4n) is 6.48. The highest BCUT2D eigenvalue weighted by Crippen LogP contribution is 2.57. The van der Waals surface area contributed by atoms with Crippen LogP contribution in [0, 0.1) is 0 Å². The van der Waals surface area contributed by atoms with E-state index in [9.17, 15) is 19.8 Å². The average molecular weight is 591 g/mol. The van der Waals surface area contributed by atoms with Crippen LogP contribution in [-0.4, -0.2) is 41.0 Å². The SMILES string of the molecule is C=C1CCC[C@@H]2N(Cc3cc(O)cc(O)c3)c3ccc(Cl)cc3[C@]12C[C@@H](NC(=O)OCc1ccccc1)C(=O)OCC. The Kier molecular flexibility index (Phi) is 8.64. The topological polar surface area (TPSA) is 108 Å². The summed E-state index contributed by atoms with van der Waals surface area (Å²) in [6, 6.07) is 18.4. The van der Waals surface area contributed by atoms with Gasteiger partial charge in [-0.1, -0.05) is 54.1 Å². The zero-order chi connectivity index (χ0) is 29.9. The number of nitrogens with zero attached hydrogens (tertiary/aromatic N) is 1. The number of benzene rings is 3. The number of ether oxygens (including phenoxy) is 2. The van der Waals surface area contributed by atoms with Crippen LogP contribution < -0.4 is 10.2 Å². The fraction of sp³-hybridized carbons (Fsp3) is 0.333. The van der Waals surface area contributed by atoms with Gasteiger partial charge in [0.15, 0.2) is 0 Å². The molecule has 3 N–H and O–H groups in total. The Morgan fingerprint density at radius 2 is 1.81 bits per heavy atom. The number of carbonyl (C=O) groups is 2. The number of hydrogen-bond donors (Lipinski definition) is 3. The number of esters is 1. The molecule has 8 nitrogen and oxygen atoms in total. The van der Waals surface area contributed by atoms with Gasteiger partial charge in [0.05, 0.1) is 6.61 Å². The quantitative estimate of drug-likeness (QED) is 0.196. The van der Waals surface area contributed by atoms with E-state index in [1.165, 1.54) is 6.07 Å². The summed E-state index contributed by atoms with van der Waals surface area (Å²) >= 11 is 6.55. The van der Waals surface area contributed by atoms with Crippen LogP contribution >= 0.6 is 11.6 Å². The summed E-state index contributed by atoms with van der Waals surface area (Å²) < 4.78 is 10.9. The van der Waals surface area contributed by atoms with Crippen LogP contribution in [0.2, 0.25) is 5.02 Å². The minimum Gasteiger partial charge on any atom is -0.508 e. The molecule has 0 bridgehead atoms. The molecule has 1 aliphatic heterocycles. The first-order chi connectivity index (χ1) is 20.2. The summed E-state index contributed by atoms with van der Waals surface area (Å²) in [5.74, 6) is -0.610. The predicted octanol–water partition coefficient (Wildman–Crippen LogP) is 6.37. The van der Waals surface area contributed by atoms with E-state index in [0.717, 1.165) is 47.2 Å². The molecule has 1 saturated carbocycles.